The van der Waals surface area contributed by atoms with Gasteiger partial charge in [-0.25, -0.2) is 9.59 Å². The first kappa shape index (κ1) is 21.5. The smallest absolute Gasteiger partial charge is 0.338 e. The summed E-state index contributed by atoms with van der Waals surface area (Å²) in [5.74, 6) is 1.02. The van der Waals surface area contributed by atoms with Gasteiger partial charge in [0.2, 0.25) is 0 Å². The van der Waals surface area contributed by atoms with E-state index in [0.717, 1.165) is 0 Å². The lowest BCUT2D eigenvalue weighted by molar-refractivity contribution is -0.136. The highest BCUT2D eigenvalue weighted by Gasteiger charge is 2.35. The maximum Gasteiger partial charge on any atom is 0.338 e. The number of esters is 1. The van der Waals surface area contributed by atoms with Gasteiger partial charge in [-0.3, -0.25) is 0 Å². The Kier molecular flexibility index (Phi) is 6.51. The molecule has 9 heteroatoms. The molecule has 1 atom stereocenters. The molecule has 0 spiro atoms. The predicted octanol–water partition coefficient (Wildman–Crippen LogP) is 3.41. The number of rotatable bonds is 6. The van der Waals surface area contributed by atoms with Gasteiger partial charge < -0.3 is 29.6 Å². The van der Waals surface area contributed by atoms with Gasteiger partial charge in [0.1, 0.15) is 5.75 Å². The zero-order valence-corrected chi connectivity index (χ0v) is 18.5. The van der Waals surface area contributed by atoms with Crippen molar-refractivity contribution in [3.05, 3.63) is 57.6 Å². The molecule has 1 unspecified atom stereocenters. The molecule has 2 amide bonds. The molecule has 2 aromatic rings. The second-order valence-corrected chi connectivity index (χ2v) is 7.13. The van der Waals surface area contributed by atoms with Crippen molar-refractivity contribution in [2.45, 2.75) is 6.04 Å². The van der Waals surface area contributed by atoms with Crippen molar-refractivity contribution in [1.29, 1.82) is 0 Å². The Hall–Kier alpha value is -3.20. The first-order chi connectivity index (χ1) is 14.4. The minimum Gasteiger partial charge on any atom is -0.497 e. The fourth-order valence-electron chi connectivity index (χ4n) is 3.23. The van der Waals surface area contributed by atoms with Crippen LogP contribution < -0.4 is 24.8 Å². The molecule has 0 aliphatic carbocycles. The van der Waals surface area contributed by atoms with Crippen molar-refractivity contribution in [2.75, 3.05) is 28.4 Å². The maximum atomic E-state index is 12.8. The highest BCUT2D eigenvalue weighted by molar-refractivity contribution is 9.10. The van der Waals surface area contributed by atoms with E-state index in [2.05, 4.69) is 26.6 Å². The zero-order valence-electron chi connectivity index (χ0n) is 16.9. The molecule has 158 valence electrons. The van der Waals surface area contributed by atoms with Gasteiger partial charge in [0, 0.05) is 0 Å². The average molecular weight is 477 g/mol. The predicted molar refractivity (Wildman–Crippen MR) is 114 cm³/mol. The molecule has 1 aliphatic heterocycles. The van der Waals surface area contributed by atoms with E-state index < -0.39 is 18.0 Å². The number of halogens is 1. The summed E-state index contributed by atoms with van der Waals surface area (Å²) in [5, 5.41) is 5.51. The average Bonchev–Trinajstić information content (AvgIpc) is 2.77. The van der Waals surface area contributed by atoms with E-state index in [1.165, 1.54) is 21.3 Å². The van der Waals surface area contributed by atoms with Gasteiger partial charge in [0.15, 0.2) is 11.5 Å². The fourth-order valence-corrected chi connectivity index (χ4v) is 3.86. The van der Waals surface area contributed by atoms with Crippen molar-refractivity contribution in [2.24, 2.45) is 0 Å². The molecule has 8 nitrogen and oxygen atoms in total. The monoisotopic (exact) mass is 476 g/mol. The summed E-state index contributed by atoms with van der Waals surface area (Å²) >= 11 is 3.45. The topological polar surface area (TPSA) is 95.1 Å². The van der Waals surface area contributed by atoms with Gasteiger partial charge >= 0.3 is 12.0 Å². The summed E-state index contributed by atoms with van der Waals surface area (Å²) < 4.78 is 21.6. The summed E-state index contributed by atoms with van der Waals surface area (Å²) in [6.07, 6.45) is 0. The number of urea groups is 1. The lowest BCUT2D eigenvalue weighted by Gasteiger charge is -2.30. The molecular formula is C21H21BrN2O6. The quantitative estimate of drug-likeness (QED) is 0.620. The summed E-state index contributed by atoms with van der Waals surface area (Å²) in [6.45, 7) is 0. The van der Waals surface area contributed by atoms with Crippen LogP contribution in [0.2, 0.25) is 0 Å². The molecule has 0 bridgehead atoms. The number of ether oxygens (including phenoxy) is 4. The van der Waals surface area contributed by atoms with E-state index in [9.17, 15) is 9.59 Å². The van der Waals surface area contributed by atoms with Gasteiger partial charge in [-0.15, -0.1) is 0 Å². The lowest BCUT2D eigenvalue weighted by atomic mass is 9.92. The van der Waals surface area contributed by atoms with Gasteiger partial charge in [-0.05, 0) is 63.5 Å². The SMILES string of the molecule is COC(=O)C1=C(c2ccc(OC)cc2)NC(=O)NC1c1cc(Br)c(OC)c(OC)c1. The molecule has 0 radical (unpaired) electrons. The molecule has 30 heavy (non-hydrogen) atoms. The third-order valence-electron chi connectivity index (χ3n) is 4.65. The van der Waals surface area contributed by atoms with Gasteiger partial charge in [-0.2, -0.15) is 0 Å². The molecule has 1 aliphatic rings. The number of nitrogens with one attached hydrogen (secondary N) is 2. The lowest BCUT2D eigenvalue weighted by Crippen LogP contribution is -2.45. The first-order valence-corrected chi connectivity index (χ1v) is 9.68. The van der Waals surface area contributed by atoms with Crippen LogP contribution in [0.4, 0.5) is 4.79 Å². The molecule has 3 rings (SSSR count). The second kappa shape index (κ2) is 9.08. The molecule has 0 saturated carbocycles. The Morgan fingerprint density at radius 2 is 1.70 bits per heavy atom. The Bertz CT molecular complexity index is 1000. The zero-order chi connectivity index (χ0) is 21.8. The number of carbonyl (C=O) groups is 2. The minimum absolute atomic E-state index is 0.251. The van der Waals surface area contributed by atoms with Crippen molar-refractivity contribution in [1.82, 2.24) is 10.6 Å². The van der Waals surface area contributed by atoms with E-state index in [4.69, 9.17) is 18.9 Å². The third kappa shape index (κ3) is 4.06. The highest BCUT2D eigenvalue weighted by atomic mass is 79.9. The Balaban J connectivity index is 2.20. The first-order valence-electron chi connectivity index (χ1n) is 8.89. The summed E-state index contributed by atoms with van der Waals surface area (Å²) in [4.78, 5) is 25.2. The molecule has 1 heterocycles. The van der Waals surface area contributed by atoms with Crippen LogP contribution in [0.1, 0.15) is 17.2 Å². The van der Waals surface area contributed by atoms with Gasteiger partial charge in [0.25, 0.3) is 0 Å². The highest BCUT2D eigenvalue weighted by Crippen LogP contribution is 2.41. The molecule has 0 saturated heterocycles. The van der Waals surface area contributed by atoms with Crippen molar-refractivity contribution < 1.29 is 28.5 Å². The standard InChI is InChI=1S/C21H21BrN2O6/c1-27-13-7-5-11(6-8-13)17-16(20(25)30-4)18(24-21(26)23-17)12-9-14(22)19(29-3)15(10-12)28-2/h5-10,18H,1-4H3,(H2,23,24,26). The van der Waals surface area contributed by atoms with Crippen LogP contribution in [0.3, 0.4) is 0 Å². The maximum absolute atomic E-state index is 12.8. The molecule has 0 fully saturated rings. The van der Waals surface area contributed by atoms with Crippen LogP contribution in [0.25, 0.3) is 5.70 Å². The van der Waals surface area contributed by atoms with E-state index in [1.807, 2.05) is 0 Å². The Morgan fingerprint density at radius 3 is 2.27 bits per heavy atom. The van der Waals surface area contributed by atoms with Crippen molar-refractivity contribution in [3.63, 3.8) is 0 Å². The summed E-state index contributed by atoms with van der Waals surface area (Å²) in [5.41, 5.74) is 1.85. The number of benzene rings is 2. The van der Waals surface area contributed by atoms with Crippen LogP contribution in [0.5, 0.6) is 17.2 Å². The summed E-state index contributed by atoms with van der Waals surface area (Å²) in [6, 6.07) is 9.22. The number of methoxy groups -OCH3 is 4. The molecular weight excluding hydrogens is 456 g/mol. The second-order valence-electron chi connectivity index (χ2n) is 6.28. The Labute approximate surface area is 182 Å². The molecule has 2 N–H and O–H groups in total. The Morgan fingerprint density at radius 1 is 1.00 bits per heavy atom. The summed E-state index contributed by atoms with van der Waals surface area (Å²) in [7, 11) is 5.88. The third-order valence-corrected chi connectivity index (χ3v) is 5.23. The fraction of sp³-hybridized carbons (Fsp3) is 0.238. The van der Waals surface area contributed by atoms with Crippen LogP contribution in [0.15, 0.2) is 46.4 Å². The van der Waals surface area contributed by atoms with Crippen molar-refractivity contribution >= 4 is 33.6 Å². The van der Waals surface area contributed by atoms with Crippen LogP contribution in [0, 0.1) is 0 Å². The molecule has 0 aromatic heterocycles. The van der Waals surface area contributed by atoms with Gasteiger partial charge in [-0.1, -0.05) is 0 Å². The number of amides is 2. The molecule has 2 aromatic carbocycles. The van der Waals surface area contributed by atoms with E-state index in [1.54, 1.807) is 43.5 Å². The van der Waals surface area contributed by atoms with E-state index in [-0.39, 0.29) is 5.57 Å². The number of hydrogen-bond acceptors (Lipinski definition) is 6. The largest absolute Gasteiger partial charge is 0.497 e. The van der Waals surface area contributed by atoms with E-state index in [0.29, 0.717) is 38.5 Å². The van der Waals surface area contributed by atoms with E-state index >= 15 is 0 Å². The van der Waals surface area contributed by atoms with Crippen LogP contribution >= 0.6 is 15.9 Å². The van der Waals surface area contributed by atoms with Crippen molar-refractivity contribution in [3.8, 4) is 17.2 Å². The van der Waals surface area contributed by atoms with Crippen LogP contribution in [-0.2, 0) is 9.53 Å². The van der Waals surface area contributed by atoms with Crippen LogP contribution in [-0.4, -0.2) is 40.4 Å². The minimum atomic E-state index is -0.778. The number of carbonyl (C=O) groups excluding carboxylic acids is 2. The number of hydrogen-bond donors (Lipinski definition) is 2. The van der Waals surface area contributed by atoms with Gasteiger partial charge in [0.05, 0.1) is 50.2 Å². The normalized spacial score (nSPS) is 15.8.